The second-order valence-electron chi connectivity index (χ2n) is 6.07. The molecule has 0 fully saturated rings. The number of hydrogen-bond donors (Lipinski definition) is 3. The van der Waals surface area contributed by atoms with Gasteiger partial charge < -0.3 is 16.2 Å². The number of nitrogens with zero attached hydrogens (tertiary/aromatic N) is 3. The molecule has 0 bridgehead atoms. The van der Waals surface area contributed by atoms with E-state index < -0.39 is 0 Å². The summed E-state index contributed by atoms with van der Waals surface area (Å²) in [5, 5.41) is 11.0. The van der Waals surface area contributed by atoms with E-state index in [0.717, 1.165) is 31.9 Å². The molecule has 1 aromatic carbocycles. The zero-order chi connectivity index (χ0) is 18.9. The van der Waals surface area contributed by atoms with Crippen LogP contribution in [0.4, 0.5) is 11.6 Å². The molecular formula is C18H25N5O2S. The summed E-state index contributed by atoms with van der Waals surface area (Å²) in [6.07, 6.45) is 3.08. The summed E-state index contributed by atoms with van der Waals surface area (Å²) >= 11 is 1.50. The van der Waals surface area contributed by atoms with Crippen LogP contribution in [-0.2, 0) is 17.8 Å². The molecule has 1 aliphatic heterocycles. The first kappa shape index (κ1) is 20.0. The highest BCUT2D eigenvalue weighted by molar-refractivity contribution is 7.98. The lowest BCUT2D eigenvalue weighted by atomic mass is 10.00. The van der Waals surface area contributed by atoms with Crippen LogP contribution >= 0.6 is 11.8 Å². The van der Waals surface area contributed by atoms with Crippen LogP contribution in [0.1, 0.15) is 18.1 Å². The van der Waals surface area contributed by atoms with E-state index in [2.05, 4.69) is 51.4 Å². The Morgan fingerprint density at radius 3 is 2.77 bits per heavy atom. The van der Waals surface area contributed by atoms with Crippen molar-refractivity contribution in [1.29, 1.82) is 0 Å². The van der Waals surface area contributed by atoms with Gasteiger partial charge in [0.2, 0.25) is 0 Å². The van der Waals surface area contributed by atoms with Gasteiger partial charge in [0, 0.05) is 31.7 Å². The van der Waals surface area contributed by atoms with E-state index in [0.29, 0.717) is 17.0 Å². The largest absolute Gasteiger partial charge is 0.483 e. The molecular weight excluding hydrogens is 350 g/mol. The number of aromatic nitrogens is 2. The van der Waals surface area contributed by atoms with Crippen molar-refractivity contribution >= 4 is 29.9 Å². The molecule has 8 heteroatoms. The van der Waals surface area contributed by atoms with Crippen molar-refractivity contribution < 1.29 is 9.90 Å². The number of hydrogen-bond acceptors (Lipinski definition) is 7. The van der Waals surface area contributed by atoms with Crippen LogP contribution in [0.15, 0.2) is 35.5 Å². The van der Waals surface area contributed by atoms with Crippen molar-refractivity contribution in [2.24, 2.45) is 0 Å². The maximum Gasteiger partial charge on any atom is 0.290 e. The molecule has 1 unspecified atom stereocenters. The van der Waals surface area contributed by atoms with Crippen molar-refractivity contribution in [3.63, 3.8) is 0 Å². The van der Waals surface area contributed by atoms with E-state index in [-0.39, 0.29) is 6.47 Å². The molecule has 0 saturated carbocycles. The molecule has 0 saturated heterocycles. The van der Waals surface area contributed by atoms with E-state index in [9.17, 15) is 0 Å². The third kappa shape index (κ3) is 5.89. The molecule has 0 spiro atoms. The standard InChI is InChI=1S/C17H23N5S.CH2O2/c1-12(19-16-9-15(18)20-17(21-16)23-2)10-22-8-7-13-5-3-4-6-14(13)11-22;2-1-3/h3-6,9,12H,7-8,10-11H2,1-2H3,(H3,18,19,20,21);1H,(H,2,3). The molecule has 1 aromatic heterocycles. The van der Waals surface area contributed by atoms with E-state index in [4.69, 9.17) is 15.6 Å². The van der Waals surface area contributed by atoms with Crippen molar-refractivity contribution in [2.45, 2.75) is 31.1 Å². The van der Waals surface area contributed by atoms with E-state index in [1.807, 2.05) is 6.26 Å². The number of carboxylic acid groups (broad SMARTS) is 1. The van der Waals surface area contributed by atoms with E-state index in [1.165, 1.54) is 22.9 Å². The SMILES string of the molecule is CSc1nc(N)cc(NC(C)CN2CCc3ccccc3C2)n1.O=CO. The predicted molar refractivity (Wildman–Crippen MR) is 105 cm³/mol. The summed E-state index contributed by atoms with van der Waals surface area (Å²) in [6.45, 7) is 5.03. The average molecular weight is 375 g/mol. The third-order valence-corrected chi connectivity index (χ3v) is 4.59. The lowest BCUT2D eigenvalue weighted by molar-refractivity contribution is -0.122. The number of carbonyl (C=O) groups is 1. The quantitative estimate of drug-likeness (QED) is 0.416. The fourth-order valence-corrected chi connectivity index (χ4v) is 3.39. The van der Waals surface area contributed by atoms with Crippen molar-refractivity contribution in [1.82, 2.24) is 14.9 Å². The zero-order valence-electron chi connectivity index (χ0n) is 15.1. The van der Waals surface area contributed by atoms with Crippen LogP contribution in [0, 0.1) is 0 Å². The fourth-order valence-electron chi connectivity index (χ4n) is 3.00. The molecule has 3 rings (SSSR count). The first-order valence-corrected chi connectivity index (χ1v) is 9.60. The number of anilines is 2. The number of nitrogen functional groups attached to an aromatic ring is 1. The van der Waals surface area contributed by atoms with Crippen LogP contribution in [0.2, 0.25) is 0 Å². The monoisotopic (exact) mass is 375 g/mol. The summed E-state index contributed by atoms with van der Waals surface area (Å²) in [5.41, 5.74) is 8.76. The Labute approximate surface area is 158 Å². The van der Waals surface area contributed by atoms with Gasteiger partial charge in [-0.1, -0.05) is 36.0 Å². The number of thioether (sulfide) groups is 1. The van der Waals surface area contributed by atoms with Crippen LogP contribution < -0.4 is 11.1 Å². The van der Waals surface area contributed by atoms with Gasteiger partial charge in [0.1, 0.15) is 11.6 Å². The summed E-state index contributed by atoms with van der Waals surface area (Å²) in [4.78, 5) is 19.5. The number of nitrogens with two attached hydrogens (primary N) is 1. The van der Waals surface area contributed by atoms with E-state index >= 15 is 0 Å². The molecule has 0 amide bonds. The molecule has 4 N–H and O–H groups in total. The van der Waals surface area contributed by atoms with Gasteiger partial charge in [0.15, 0.2) is 5.16 Å². The Hall–Kier alpha value is -2.32. The Kier molecular flexibility index (Phi) is 7.68. The highest BCUT2D eigenvalue weighted by atomic mass is 32.2. The highest BCUT2D eigenvalue weighted by Crippen LogP contribution is 2.20. The van der Waals surface area contributed by atoms with Crippen molar-refractivity contribution in [3.05, 3.63) is 41.5 Å². The third-order valence-electron chi connectivity index (χ3n) is 4.04. The number of rotatable bonds is 5. The van der Waals surface area contributed by atoms with Gasteiger partial charge in [-0.25, -0.2) is 9.97 Å². The second kappa shape index (κ2) is 9.98. The second-order valence-corrected chi connectivity index (χ2v) is 6.84. The maximum absolute atomic E-state index is 8.36. The molecule has 2 heterocycles. The smallest absolute Gasteiger partial charge is 0.290 e. The summed E-state index contributed by atoms with van der Waals surface area (Å²) < 4.78 is 0. The number of benzene rings is 1. The van der Waals surface area contributed by atoms with Gasteiger partial charge in [-0.15, -0.1) is 0 Å². The number of nitrogens with one attached hydrogen (secondary N) is 1. The first-order valence-electron chi connectivity index (χ1n) is 8.37. The molecule has 7 nitrogen and oxygen atoms in total. The maximum atomic E-state index is 8.36. The van der Waals surface area contributed by atoms with Gasteiger partial charge in [-0.3, -0.25) is 9.69 Å². The van der Waals surface area contributed by atoms with E-state index in [1.54, 1.807) is 6.07 Å². The van der Waals surface area contributed by atoms with Crippen molar-refractivity contribution in [3.8, 4) is 0 Å². The summed E-state index contributed by atoms with van der Waals surface area (Å²) in [7, 11) is 0. The minimum atomic E-state index is -0.250. The Morgan fingerprint density at radius 1 is 1.38 bits per heavy atom. The lowest BCUT2D eigenvalue weighted by Gasteiger charge is -2.31. The van der Waals surface area contributed by atoms with Crippen LogP contribution in [-0.4, -0.2) is 51.8 Å². The normalized spacial score (nSPS) is 14.5. The highest BCUT2D eigenvalue weighted by Gasteiger charge is 2.17. The first-order chi connectivity index (χ1) is 12.5. The van der Waals surface area contributed by atoms with Crippen molar-refractivity contribution in [2.75, 3.05) is 30.4 Å². The van der Waals surface area contributed by atoms with Gasteiger partial charge in [0.25, 0.3) is 6.47 Å². The minimum absolute atomic E-state index is 0.250. The van der Waals surface area contributed by atoms with Crippen LogP contribution in [0.5, 0.6) is 0 Å². The average Bonchev–Trinajstić information content (AvgIpc) is 2.61. The molecule has 2 aromatic rings. The molecule has 26 heavy (non-hydrogen) atoms. The molecule has 0 aliphatic carbocycles. The van der Waals surface area contributed by atoms with Gasteiger partial charge >= 0.3 is 0 Å². The van der Waals surface area contributed by atoms with Gasteiger partial charge in [-0.2, -0.15) is 0 Å². The lowest BCUT2D eigenvalue weighted by Crippen LogP contribution is -2.38. The summed E-state index contributed by atoms with van der Waals surface area (Å²) in [6, 6.07) is 10.8. The summed E-state index contributed by atoms with van der Waals surface area (Å²) in [5.74, 6) is 1.30. The fraction of sp³-hybridized carbons (Fsp3) is 0.389. The van der Waals surface area contributed by atoms with Crippen LogP contribution in [0.3, 0.4) is 0 Å². The predicted octanol–water partition coefficient (Wildman–Crippen LogP) is 2.34. The minimum Gasteiger partial charge on any atom is -0.483 e. The van der Waals surface area contributed by atoms with Crippen LogP contribution in [0.25, 0.3) is 0 Å². The molecule has 140 valence electrons. The molecule has 1 aliphatic rings. The number of fused-ring (bicyclic) bond motifs is 1. The Balaban J connectivity index is 0.000000758. The van der Waals surface area contributed by atoms with Gasteiger partial charge in [-0.05, 0) is 30.7 Å². The molecule has 0 radical (unpaired) electrons. The topological polar surface area (TPSA) is 104 Å². The Morgan fingerprint density at radius 2 is 2.08 bits per heavy atom. The Bertz CT molecular complexity index is 728. The zero-order valence-corrected chi connectivity index (χ0v) is 15.9. The van der Waals surface area contributed by atoms with Gasteiger partial charge in [0.05, 0.1) is 0 Å². The molecule has 1 atom stereocenters.